The summed E-state index contributed by atoms with van der Waals surface area (Å²) < 4.78 is 0.595. The molecular weight excluding hydrogens is 438 g/mol. The Morgan fingerprint density at radius 3 is 2.00 bits per heavy atom. The Balaban J connectivity index is 1.65. The number of hydrogen-bond donors (Lipinski definition) is 4. The summed E-state index contributed by atoms with van der Waals surface area (Å²) in [5.74, 6) is -1.61. The molecule has 7 nitrogen and oxygen atoms in total. The van der Waals surface area contributed by atoms with Gasteiger partial charge >= 0.3 is 12.0 Å². The van der Waals surface area contributed by atoms with Crippen LogP contribution in [0.3, 0.4) is 0 Å². The lowest BCUT2D eigenvalue weighted by Crippen LogP contribution is -2.19. The molecule has 0 aliphatic carbocycles. The average Bonchev–Trinajstić information content (AvgIpc) is 2.70. The van der Waals surface area contributed by atoms with Gasteiger partial charge in [-0.05, 0) is 54.6 Å². The third kappa shape index (κ3) is 5.43. The number of carboxylic acid groups (broad SMARTS) is 1. The van der Waals surface area contributed by atoms with Crippen LogP contribution >= 0.6 is 15.9 Å². The topological polar surface area (TPSA) is 108 Å². The minimum atomic E-state index is -1.15. The first-order valence-electron chi connectivity index (χ1n) is 8.50. The van der Waals surface area contributed by atoms with Crippen molar-refractivity contribution >= 4 is 50.9 Å². The number of carbonyl (C=O) groups is 3. The van der Waals surface area contributed by atoms with E-state index in [9.17, 15) is 19.5 Å². The van der Waals surface area contributed by atoms with Crippen LogP contribution in [0.25, 0.3) is 0 Å². The fourth-order valence-corrected chi connectivity index (χ4v) is 2.88. The van der Waals surface area contributed by atoms with Crippen LogP contribution in [0.2, 0.25) is 0 Å². The Bertz CT molecular complexity index is 1050. The number of amides is 3. The van der Waals surface area contributed by atoms with Gasteiger partial charge in [-0.1, -0.05) is 34.1 Å². The average molecular weight is 454 g/mol. The van der Waals surface area contributed by atoms with E-state index in [-0.39, 0.29) is 11.3 Å². The van der Waals surface area contributed by atoms with Gasteiger partial charge in [-0.15, -0.1) is 0 Å². The first kappa shape index (κ1) is 20.1. The maximum atomic E-state index is 12.4. The van der Waals surface area contributed by atoms with E-state index in [1.807, 2.05) is 18.2 Å². The van der Waals surface area contributed by atoms with Crippen LogP contribution in [0.4, 0.5) is 21.9 Å². The lowest BCUT2D eigenvalue weighted by molar-refractivity contribution is 0.0698. The van der Waals surface area contributed by atoms with Gasteiger partial charge in [0, 0.05) is 21.4 Å². The molecule has 0 atom stereocenters. The van der Waals surface area contributed by atoms with Gasteiger partial charge in [0.15, 0.2) is 0 Å². The molecule has 146 valence electrons. The lowest BCUT2D eigenvalue weighted by atomic mass is 10.1. The molecule has 0 aromatic heterocycles. The van der Waals surface area contributed by atoms with Crippen LogP contribution in [0.15, 0.2) is 77.3 Å². The molecule has 0 aliphatic rings. The molecule has 0 aliphatic heterocycles. The monoisotopic (exact) mass is 453 g/mol. The highest BCUT2D eigenvalue weighted by Crippen LogP contribution is 2.22. The summed E-state index contributed by atoms with van der Waals surface area (Å²) in [5.41, 5.74) is 1.64. The standard InChI is InChI=1S/C21H16BrN3O4/c22-14-8-11-18(17(12-14)20(27)28)25-19(26)13-6-9-16(10-7-13)24-21(29)23-15-4-2-1-3-5-15/h1-12H,(H,25,26)(H,27,28)(H2,23,24,29). The van der Waals surface area contributed by atoms with Crippen molar-refractivity contribution in [3.63, 3.8) is 0 Å². The van der Waals surface area contributed by atoms with E-state index < -0.39 is 17.9 Å². The highest BCUT2D eigenvalue weighted by molar-refractivity contribution is 9.10. The number of anilines is 3. The summed E-state index contributed by atoms with van der Waals surface area (Å²) in [7, 11) is 0. The SMILES string of the molecule is O=C(Nc1ccccc1)Nc1ccc(C(=O)Nc2ccc(Br)cc2C(=O)O)cc1. The molecule has 8 heteroatoms. The van der Waals surface area contributed by atoms with Crippen LogP contribution in [-0.4, -0.2) is 23.0 Å². The Morgan fingerprint density at radius 1 is 0.759 bits per heavy atom. The second-order valence-corrected chi connectivity index (χ2v) is 6.89. The van der Waals surface area contributed by atoms with Gasteiger partial charge in [0.2, 0.25) is 0 Å². The van der Waals surface area contributed by atoms with Gasteiger partial charge in [0.05, 0.1) is 11.3 Å². The molecule has 0 spiro atoms. The largest absolute Gasteiger partial charge is 0.478 e. The summed E-state index contributed by atoms with van der Waals surface area (Å²) in [6.07, 6.45) is 0. The zero-order chi connectivity index (χ0) is 20.8. The number of para-hydroxylation sites is 1. The Morgan fingerprint density at radius 2 is 1.38 bits per heavy atom. The van der Waals surface area contributed by atoms with E-state index in [1.54, 1.807) is 30.3 Å². The Labute approximate surface area is 174 Å². The summed E-state index contributed by atoms with van der Waals surface area (Å²) in [6.45, 7) is 0. The van der Waals surface area contributed by atoms with Gasteiger partial charge in [-0.25, -0.2) is 9.59 Å². The molecule has 4 N–H and O–H groups in total. The Hall–Kier alpha value is -3.65. The summed E-state index contributed by atoms with van der Waals surface area (Å²) in [6, 6.07) is 19.4. The van der Waals surface area contributed by atoms with E-state index in [4.69, 9.17) is 0 Å². The minimum absolute atomic E-state index is 0.0244. The number of benzene rings is 3. The molecule has 0 unspecified atom stereocenters. The molecule has 0 saturated carbocycles. The van der Waals surface area contributed by atoms with Crippen molar-refractivity contribution in [2.45, 2.75) is 0 Å². The fourth-order valence-electron chi connectivity index (χ4n) is 2.52. The lowest BCUT2D eigenvalue weighted by Gasteiger charge is -2.10. The van der Waals surface area contributed by atoms with E-state index in [0.717, 1.165) is 0 Å². The van der Waals surface area contributed by atoms with Gasteiger partial charge in [0.25, 0.3) is 5.91 Å². The van der Waals surface area contributed by atoms with Gasteiger partial charge < -0.3 is 21.1 Å². The number of carbonyl (C=O) groups excluding carboxylic acids is 2. The van der Waals surface area contributed by atoms with Crippen LogP contribution in [-0.2, 0) is 0 Å². The van der Waals surface area contributed by atoms with Gasteiger partial charge in [-0.2, -0.15) is 0 Å². The fraction of sp³-hybridized carbons (Fsp3) is 0. The minimum Gasteiger partial charge on any atom is -0.478 e. The van der Waals surface area contributed by atoms with Gasteiger partial charge in [0.1, 0.15) is 0 Å². The predicted octanol–water partition coefficient (Wildman–Crippen LogP) is 5.04. The number of aromatic carboxylic acids is 1. The molecule has 0 saturated heterocycles. The van der Waals surface area contributed by atoms with Crippen molar-refractivity contribution in [3.05, 3.63) is 88.4 Å². The molecule has 3 aromatic rings. The predicted molar refractivity (Wildman–Crippen MR) is 115 cm³/mol. The second kappa shape index (κ2) is 9.03. The van der Waals surface area contributed by atoms with Crippen molar-refractivity contribution in [1.82, 2.24) is 0 Å². The van der Waals surface area contributed by atoms with E-state index in [1.165, 1.54) is 24.3 Å². The maximum Gasteiger partial charge on any atom is 0.337 e. The molecule has 3 amide bonds. The third-order valence-electron chi connectivity index (χ3n) is 3.90. The normalized spacial score (nSPS) is 10.1. The summed E-state index contributed by atoms with van der Waals surface area (Å²) in [4.78, 5) is 35.8. The van der Waals surface area contributed by atoms with Crippen LogP contribution in [0, 0.1) is 0 Å². The van der Waals surface area contributed by atoms with Crippen molar-refractivity contribution < 1.29 is 19.5 Å². The molecular formula is C21H16BrN3O4. The molecule has 0 bridgehead atoms. The third-order valence-corrected chi connectivity index (χ3v) is 4.39. The van der Waals surface area contributed by atoms with E-state index >= 15 is 0 Å². The van der Waals surface area contributed by atoms with E-state index in [2.05, 4.69) is 31.9 Å². The summed E-state index contributed by atoms with van der Waals surface area (Å²) >= 11 is 3.21. The number of hydrogen-bond acceptors (Lipinski definition) is 3. The summed E-state index contributed by atoms with van der Waals surface area (Å²) in [5, 5.41) is 17.2. The van der Waals surface area contributed by atoms with Crippen molar-refractivity contribution in [3.8, 4) is 0 Å². The zero-order valence-electron chi connectivity index (χ0n) is 15.0. The maximum absolute atomic E-state index is 12.4. The molecule has 0 heterocycles. The molecule has 3 aromatic carbocycles. The Kier molecular flexibility index (Phi) is 6.25. The molecule has 3 rings (SSSR count). The van der Waals surface area contributed by atoms with Crippen molar-refractivity contribution in [2.75, 3.05) is 16.0 Å². The van der Waals surface area contributed by atoms with E-state index in [0.29, 0.717) is 21.4 Å². The first-order chi connectivity index (χ1) is 13.9. The highest BCUT2D eigenvalue weighted by Gasteiger charge is 2.14. The van der Waals surface area contributed by atoms with Crippen molar-refractivity contribution in [2.24, 2.45) is 0 Å². The quantitative estimate of drug-likeness (QED) is 0.433. The highest BCUT2D eigenvalue weighted by atomic mass is 79.9. The first-order valence-corrected chi connectivity index (χ1v) is 9.29. The van der Waals surface area contributed by atoms with Crippen molar-refractivity contribution in [1.29, 1.82) is 0 Å². The molecule has 29 heavy (non-hydrogen) atoms. The van der Waals surface area contributed by atoms with Crippen LogP contribution < -0.4 is 16.0 Å². The van der Waals surface area contributed by atoms with Crippen LogP contribution in [0.1, 0.15) is 20.7 Å². The number of rotatable bonds is 5. The second-order valence-electron chi connectivity index (χ2n) is 5.97. The molecule has 0 radical (unpaired) electrons. The number of halogens is 1. The number of nitrogens with one attached hydrogen (secondary N) is 3. The van der Waals surface area contributed by atoms with Crippen LogP contribution in [0.5, 0.6) is 0 Å². The number of carboxylic acids is 1. The zero-order valence-corrected chi connectivity index (χ0v) is 16.6. The van der Waals surface area contributed by atoms with Gasteiger partial charge in [-0.3, -0.25) is 4.79 Å². The number of urea groups is 1. The smallest absolute Gasteiger partial charge is 0.337 e. The molecule has 0 fully saturated rings.